The second kappa shape index (κ2) is 15.1. The lowest BCUT2D eigenvalue weighted by Gasteiger charge is -1.98. The number of carbonyl (C=O) groups is 1. The Labute approximate surface area is 88.4 Å². The molecular weight excluding hydrogens is 176 g/mol. The lowest BCUT2D eigenvalue weighted by molar-refractivity contribution is -0.114. The van der Waals surface area contributed by atoms with Crippen molar-refractivity contribution >= 4 is 5.78 Å². The number of ketones is 1. The first-order chi connectivity index (χ1) is 6.65. The number of rotatable bonds is 7. The lowest BCUT2D eigenvalue weighted by atomic mass is 10.1. The highest BCUT2D eigenvalue weighted by molar-refractivity contribution is 5.72. The van der Waals surface area contributed by atoms with Gasteiger partial charge >= 0.3 is 0 Å². The Hall–Kier alpha value is -0.410. The number of nitrogens with one attached hydrogen (secondary N) is 1. The summed E-state index contributed by atoms with van der Waals surface area (Å²) in [4.78, 5) is 9.44. The van der Waals surface area contributed by atoms with Crippen LogP contribution in [0.25, 0.3) is 0 Å². The molecule has 0 fully saturated rings. The summed E-state index contributed by atoms with van der Waals surface area (Å²) in [5.74, 6) is 5.29. The summed E-state index contributed by atoms with van der Waals surface area (Å²) in [6.45, 7) is 6.26. The number of carbonyl (C=O) groups excluding carboxylic acids is 1. The molecule has 0 saturated heterocycles. The van der Waals surface area contributed by atoms with Crippen LogP contribution >= 0.6 is 0 Å². The normalized spacial score (nSPS) is 9.14. The zero-order valence-corrected chi connectivity index (χ0v) is 9.94. The Balaban J connectivity index is 0. The first-order valence-electron chi connectivity index (χ1n) is 5.55. The summed E-state index contributed by atoms with van der Waals surface area (Å²) < 4.78 is 0. The molecule has 0 aliphatic heterocycles. The molecule has 0 aromatic carbocycles. The summed E-state index contributed by atoms with van der Waals surface area (Å²) in [6.07, 6.45) is 8.02. The van der Waals surface area contributed by atoms with Crippen LogP contribution in [0.2, 0.25) is 0 Å². The third kappa shape index (κ3) is 29.9. The molecular formula is C11H26N2O. The van der Waals surface area contributed by atoms with Crippen molar-refractivity contribution in [1.82, 2.24) is 5.43 Å². The van der Waals surface area contributed by atoms with E-state index in [1.54, 1.807) is 0 Å². The topological polar surface area (TPSA) is 55.1 Å². The number of hydrogen-bond donors (Lipinski definition) is 2. The van der Waals surface area contributed by atoms with E-state index >= 15 is 0 Å². The molecule has 0 radical (unpaired) electrons. The van der Waals surface area contributed by atoms with E-state index < -0.39 is 0 Å². The van der Waals surface area contributed by atoms with Gasteiger partial charge in [-0.1, -0.05) is 39.0 Å². The average Bonchev–Trinajstić information content (AvgIpc) is 2.10. The van der Waals surface area contributed by atoms with Gasteiger partial charge in [-0.05, 0) is 20.3 Å². The van der Waals surface area contributed by atoms with Crippen LogP contribution in [-0.2, 0) is 4.79 Å². The maximum absolute atomic E-state index is 9.44. The smallest absolute Gasteiger partial charge is 0.126 e. The van der Waals surface area contributed by atoms with Crippen LogP contribution in [0.1, 0.15) is 59.3 Å². The predicted octanol–water partition coefficient (Wildman–Crippen LogP) is 2.41. The van der Waals surface area contributed by atoms with Crippen molar-refractivity contribution in [2.75, 3.05) is 6.54 Å². The average molecular weight is 202 g/mol. The van der Waals surface area contributed by atoms with E-state index in [2.05, 4.69) is 12.3 Å². The standard InChI is InChI=1S/C8H20N2.C3H6O/c1-2-3-4-5-6-7-8-10-9;1-3(2)4/h10H,2-9H2,1H3;1-2H3. The van der Waals surface area contributed by atoms with Gasteiger partial charge in [0.1, 0.15) is 5.78 Å². The number of nitrogens with two attached hydrogens (primary N) is 1. The lowest BCUT2D eigenvalue weighted by Crippen LogP contribution is -2.22. The van der Waals surface area contributed by atoms with Crippen LogP contribution < -0.4 is 11.3 Å². The van der Waals surface area contributed by atoms with E-state index in [4.69, 9.17) is 5.84 Å². The molecule has 0 aromatic heterocycles. The second-order valence-electron chi connectivity index (χ2n) is 3.63. The second-order valence-corrected chi connectivity index (χ2v) is 3.63. The molecule has 0 spiro atoms. The number of hydrazine groups is 1. The van der Waals surface area contributed by atoms with E-state index in [1.807, 2.05) is 0 Å². The van der Waals surface area contributed by atoms with Crippen molar-refractivity contribution in [2.24, 2.45) is 5.84 Å². The molecule has 0 atom stereocenters. The van der Waals surface area contributed by atoms with Crippen molar-refractivity contribution in [3.8, 4) is 0 Å². The molecule has 14 heavy (non-hydrogen) atoms. The van der Waals surface area contributed by atoms with Crippen molar-refractivity contribution < 1.29 is 4.79 Å². The molecule has 3 heteroatoms. The monoisotopic (exact) mass is 202 g/mol. The maximum Gasteiger partial charge on any atom is 0.126 e. The third-order valence-corrected chi connectivity index (χ3v) is 1.67. The molecule has 0 heterocycles. The fourth-order valence-corrected chi connectivity index (χ4v) is 1.01. The van der Waals surface area contributed by atoms with Crippen LogP contribution in [0.15, 0.2) is 0 Å². The zero-order chi connectivity index (χ0) is 11.2. The zero-order valence-electron chi connectivity index (χ0n) is 9.94. The summed E-state index contributed by atoms with van der Waals surface area (Å²) in [7, 11) is 0. The summed E-state index contributed by atoms with van der Waals surface area (Å²) >= 11 is 0. The Kier molecular flexibility index (Phi) is 17.3. The van der Waals surface area contributed by atoms with Crippen LogP contribution in [0.5, 0.6) is 0 Å². The van der Waals surface area contributed by atoms with Gasteiger partial charge in [0.25, 0.3) is 0 Å². The van der Waals surface area contributed by atoms with Crippen molar-refractivity contribution in [2.45, 2.75) is 59.3 Å². The van der Waals surface area contributed by atoms with Crippen molar-refractivity contribution in [3.05, 3.63) is 0 Å². The van der Waals surface area contributed by atoms with Gasteiger partial charge in [-0.2, -0.15) is 0 Å². The van der Waals surface area contributed by atoms with E-state index in [9.17, 15) is 4.79 Å². The van der Waals surface area contributed by atoms with Gasteiger partial charge in [0.05, 0.1) is 0 Å². The van der Waals surface area contributed by atoms with Crippen LogP contribution in [0.4, 0.5) is 0 Å². The molecule has 0 aromatic rings. The van der Waals surface area contributed by atoms with Gasteiger partial charge in [-0.15, -0.1) is 0 Å². The summed E-state index contributed by atoms with van der Waals surface area (Å²) in [6, 6.07) is 0. The molecule has 0 unspecified atom stereocenters. The summed E-state index contributed by atoms with van der Waals surface area (Å²) in [5, 5.41) is 0. The van der Waals surface area contributed by atoms with Gasteiger partial charge in [-0.25, -0.2) is 0 Å². The highest BCUT2D eigenvalue weighted by atomic mass is 16.1. The molecule has 0 aliphatic rings. The molecule has 0 rings (SSSR count). The van der Waals surface area contributed by atoms with Crippen molar-refractivity contribution in [3.63, 3.8) is 0 Å². The Morgan fingerprint density at radius 3 is 1.93 bits per heavy atom. The number of Topliss-reactive ketones (excluding diaryl/α,β-unsaturated/α-hetero) is 1. The Bertz CT molecular complexity index is 104. The molecule has 86 valence electrons. The van der Waals surface area contributed by atoms with Gasteiger partial charge < -0.3 is 4.79 Å². The summed E-state index contributed by atoms with van der Waals surface area (Å²) in [5.41, 5.74) is 2.66. The minimum Gasteiger partial charge on any atom is -0.300 e. The van der Waals surface area contributed by atoms with Gasteiger partial charge in [-0.3, -0.25) is 11.3 Å². The first kappa shape index (κ1) is 16.0. The van der Waals surface area contributed by atoms with E-state index in [1.165, 1.54) is 52.4 Å². The Morgan fingerprint density at radius 1 is 1.07 bits per heavy atom. The van der Waals surface area contributed by atoms with E-state index in [0.29, 0.717) is 0 Å². The highest BCUT2D eigenvalue weighted by Gasteiger charge is 1.87. The molecule has 0 aliphatic carbocycles. The van der Waals surface area contributed by atoms with Crippen LogP contribution in [0.3, 0.4) is 0 Å². The third-order valence-electron chi connectivity index (χ3n) is 1.67. The van der Waals surface area contributed by atoms with E-state index in [0.717, 1.165) is 6.54 Å². The fraction of sp³-hybridized carbons (Fsp3) is 0.909. The van der Waals surface area contributed by atoms with Gasteiger partial charge in [0.15, 0.2) is 0 Å². The van der Waals surface area contributed by atoms with Gasteiger partial charge in [0, 0.05) is 6.54 Å². The van der Waals surface area contributed by atoms with Gasteiger partial charge in [0.2, 0.25) is 0 Å². The quantitative estimate of drug-likeness (QED) is 0.379. The molecule has 0 saturated carbocycles. The minimum atomic E-state index is 0.167. The maximum atomic E-state index is 9.44. The molecule has 0 bridgehead atoms. The van der Waals surface area contributed by atoms with E-state index in [-0.39, 0.29) is 5.78 Å². The highest BCUT2D eigenvalue weighted by Crippen LogP contribution is 2.03. The molecule has 0 amide bonds. The van der Waals surface area contributed by atoms with Crippen LogP contribution in [0, 0.1) is 0 Å². The number of hydrogen-bond acceptors (Lipinski definition) is 3. The number of unbranched alkanes of at least 4 members (excludes halogenated alkanes) is 5. The van der Waals surface area contributed by atoms with Crippen LogP contribution in [-0.4, -0.2) is 12.3 Å². The fourth-order valence-electron chi connectivity index (χ4n) is 1.01. The molecule has 3 nitrogen and oxygen atoms in total. The Morgan fingerprint density at radius 2 is 1.50 bits per heavy atom. The van der Waals surface area contributed by atoms with Crippen molar-refractivity contribution in [1.29, 1.82) is 0 Å². The minimum absolute atomic E-state index is 0.167. The SMILES string of the molecule is CC(C)=O.CCCCCCCCNN. The first-order valence-corrected chi connectivity index (χ1v) is 5.55. The largest absolute Gasteiger partial charge is 0.300 e. The molecule has 3 N–H and O–H groups in total. The predicted molar refractivity (Wildman–Crippen MR) is 61.9 cm³/mol.